The second-order valence-electron chi connectivity index (χ2n) is 8.92. The number of ether oxygens (including phenoxy) is 2. The minimum atomic E-state index is -4.34. The van der Waals surface area contributed by atoms with Crippen LogP contribution in [0.2, 0.25) is 0 Å². The summed E-state index contributed by atoms with van der Waals surface area (Å²) in [5, 5.41) is 0. The topological polar surface area (TPSA) is 134 Å². The van der Waals surface area contributed by atoms with Gasteiger partial charge in [0.05, 0.1) is 13.2 Å². The zero-order valence-corrected chi connectivity index (χ0v) is 22.9. The van der Waals surface area contributed by atoms with Crippen LogP contribution < -0.4 is 5.73 Å². The number of carbonyl (C=O) groups excluding carboxylic acids is 2. The summed E-state index contributed by atoms with van der Waals surface area (Å²) in [5.41, 5.74) is 5.27. The fourth-order valence-corrected chi connectivity index (χ4v) is 4.22. The molecule has 0 bridgehead atoms. The predicted molar refractivity (Wildman–Crippen MR) is 137 cm³/mol. The molecule has 2 atom stereocenters. The minimum Gasteiger partial charge on any atom is -0.462 e. The molecule has 0 aromatic heterocycles. The van der Waals surface area contributed by atoms with Gasteiger partial charge in [-0.15, -0.1) is 0 Å². The molecule has 0 aliphatic carbocycles. The molecule has 0 saturated heterocycles. The standard InChI is InChI=1S/C25H50NO8P/c1-3-5-7-9-11-12-14-16-18-25(28)34-23(22-33-35(29,30)32-20-19-26)21-31-24(27)17-15-13-10-8-6-4-2/h23H,3-22,26H2,1-2H3,(H,29,30)/t23-/m1/s1. The van der Waals surface area contributed by atoms with Crippen LogP contribution in [0, 0.1) is 0 Å². The van der Waals surface area contributed by atoms with Gasteiger partial charge in [-0.25, -0.2) is 4.57 Å². The van der Waals surface area contributed by atoms with Gasteiger partial charge in [-0.2, -0.15) is 0 Å². The highest BCUT2D eigenvalue weighted by Crippen LogP contribution is 2.43. The van der Waals surface area contributed by atoms with Crippen molar-refractivity contribution in [2.24, 2.45) is 5.73 Å². The molecule has 0 rings (SSSR count). The lowest BCUT2D eigenvalue weighted by molar-refractivity contribution is -0.161. The first kappa shape index (κ1) is 34.0. The molecule has 0 aliphatic rings. The quantitative estimate of drug-likeness (QED) is 0.0862. The highest BCUT2D eigenvalue weighted by atomic mass is 31.2. The summed E-state index contributed by atoms with van der Waals surface area (Å²) in [7, 11) is -4.34. The Balaban J connectivity index is 4.41. The zero-order valence-electron chi connectivity index (χ0n) is 22.0. The second-order valence-corrected chi connectivity index (χ2v) is 10.4. The third-order valence-electron chi connectivity index (χ3n) is 5.49. The molecular formula is C25H50NO8P. The highest BCUT2D eigenvalue weighted by Gasteiger charge is 2.25. The summed E-state index contributed by atoms with van der Waals surface area (Å²) in [6.07, 6.45) is 14.7. The summed E-state index contributed by atoms with van der Waals surface area (Å²) < 4.78 is 32.1. The van der Waals surface area contributed by atoms with E-state index >= 15 is 0 Å². The van der Waals surface area contributed by atoms with Gasteiger partial charge in [-0.05, 0) is 12.8 Å². The average molecular weight is 524 g/mol. The molecule has 0 heterocycles. The van der Waals surface area contributed by atoms with E-state index in [1.54, 1.807) is 0 Å². The van der Waals surface area contributed by atoms with Gasteiger partial charge in [-0.1, -0.05) is 90.9 Å². The molecule has 0 spiro atoms. The average Bonchev–Trinajstić information content (AvgIpc) is 2.83. The van der Waals surface area contributed by atoms with Crippen molar-refractivity contribution in [3.63, 3.8) is 0 Å². The smallest absolute Gasteiger partial charge is 0.462 e. The number of phosphoric ester groups is 1. The first-order valence-corrected chi connectivity index (χ1v) is 15.0. The summed E-state index contributed by atoms with van der Waals surface area (Å²) >= 11 is 0. The highest BCUT2D eigenvalue weighted by molar-refractivity contribution is 7.47. The van der Waals surface area contributed by atoms with Crippen LogP contribution in [0.25, 0.3) is 0 Å². The van der Waals surface area contributed by atoms with Gasteiger partial charge in [0.1, 0.15) is 6.61 Å². The summed E-state index contributed by atoms with van der Waals surface area (Å²) in [6, 6.07) is 0. The van der Waals surface area contributed by atoms with Crippen molar-refractivity contribution in [3.05, 3.63) is 0 Å². The maximum absolute atomic E-state index is 12.3. The number of unbranched alkanes of at least 4 members (excludes halogenated alkanes) is 12. The maximum Gasteiger partial charge on any atom is 0.472 e. The summed E-state index contributed by atoms with van der Waals surface area (Å²) in [6.45, 7) is 3.58. The van der Waals surface area contributed by atoms with Crippen LogP contribution in [0.5, 0.6) is 0 Å². The molecule has 0 aromatic rings. The van der Waals surface area contributed by atoms with Crippen LogP contribution in [0.15, 0.2) is 0 Å². The molecule has 10 heteroatoms. The number of esters is 2. The van der Waals surface area contributed by atoms with Gasteiger partial charge < -0.3 is 20.1 Å². The van der Waals surface area contributed by atoms with Crippen molar-refractivity contribution in [2.45, 2.75) is 123 Å². The fraction of sp³-hybridized carbons (Fsp3) is 0.920. The Morgan fingerprint density at radius 1 is 0.743 bits per heavy atom. The fourth-order valence-electron chi connectivity index (χ4n) is 3.45. The number of nitrogens with two attached hydrogens (primary N) is 1. The number of rotatable bonds is 25. The lowest BCUT2D eigenvalue weighted by Gasteiger charge is -2.19. The predicted octanol–water partition coefficient (Wildman–Crippen LogP) is 5.82. The summed E-state index contributed by atoms with van der Waals surface area (Å²) in [4.78, 5) is 34.0. The number of hydrogen-bond acceptors (Lipinski definition) is 8. The monoisotopic (exact) mass is 523 g/mol. The van der Waals surface area contributed by atoms with Gasteiger partial charge in [0, 0.05) is 19.4 Å². The largest absolute Gasteiger partial charge is 0.472 e. The van der Waals surface area contributed by atoms with E-state index in [0.29, 0.717) is 6.42 Å². The number of phosphoric acid groups is 1. The third-order valence-corrected chi connectivity index (χ3v) is 6.48. The molecule has 0 amide bonds. The Morgan fingerprint density at radius 3 is 1.74 bits per heavy atom. The zero-order chi connectivity index (χ0) is 26.2. The van der Waals surface area contributed by atoms with Gasteiger partial charge in [0.2, 0.25) is 0 Å². The molecule has 9 nitrogen and oxygen atoms in total. The molecular weight excluding hydrogens is 473 g/mol. The number of carbonyl (C=O) groups is 2. The van der Waals surface area contributed by atoms with Gasteiger partial charge in [0.15, 0.2) is 6.10 Å². The molecule has 0 saturated carbocycles. The Morgan fingerprint density at radius 2 is 1.23 bits per heavy atom. The molecule has 1 unspecified atom stereocenters. The molecule has 0 aromatic carbocycles. The number of hydrogen-bond donors (Lipinski definition) is 2. The Kier molecular flexibility index (Phi) is 22.7. The van der Waals surface area contributed by atoms with Crippen molar-refractivity contribution in [1.82, 2.24) is 0 Å². The van der Waals surface area contributed by atoms with Gasteiger partial charge >= 0.3 is 19.8 Å². The van der Waals surface area contributed by atoms with Gasteiger partial charge in [0.25, 0.3) is 0 Å². The minimum absolute atomic E-state index is 0.0565. The SMILES string of the molecule is CCCCCCCCCCC(=O)O[C@H](COC(=O)CCCCCCCC)COP(=O)(O)OCCN. The van der Waals surface area contributed by atoms with Crippen LogP contribution in [0.1, 0.15) is 117 Å². The molecule has 0 aliphatic heterocycles. The summed E-state index contributed by atoms with van der Waals surface area (Å²) in [5.74, 6) is -0.844. The van der Waals surface area contributed by atoms with Crippen molar-refractivity contribution in [2.75, 3.05) is 26.4 Å². The van der Waals surface area contributed by atoms with Crippen LogP contribution in [-0.4, -0.2) is 49.3 Å². The first-order chi connectivity index (χ1) is 16.8. The van der Waals surface area contributed by atoms with E-state index in [4.69, 9.17) is 24.3 Å². The Bertz CT molecular complexity index is 576. The van der Waals surface area contributed by atoms with E-state index in [9.17, 15) is 19.0 Å². The Labute approximate surface area is 212 Å². The van der Waals surface area contributed by atoms with Crippen molar-refractivity contribution < 1.29 is 37.6 Å². The van der Waals surface area contributed by atoms with Crippen molar-refractivity contribution >= 4 is 19.8 Å². The van der Waals surface area contributed by atoms with E-state index in [1.807, 2.05) is 0 Å². The lowest BCUT2D eigenvalue weighted by Crippen LogP contribution is -2.29. The van der Waals surface area contributed by atoms with Crippen LogP contribution >= 0.6 is 7.82 Å². The molecule has 0 fully saturated rings. The molecule has 35 heavy (non-hydrogen) atoms. The van der Waals surface area contributed by atoms with E-state index in [-0.39, 0.29) is 32.6 Å². The normalized spacial score (nSPS) is 13.8. The van der Waals surface area contributed by atoms with Crippen molar-refractivity contribution in [1.29, 1.82) is 0 Å². The van der Waals surface area contributed by atoms with Crippen LogP contribution in [0.3, 0.4) is 0 Å². The maximum atomic E-state index is 12.3. The molecule has 3 N–H and O–H groups in total. The molecule has 208 valence electrons. The van der Waals surface area contributed by atoms with Crippen LogP contribution in [-0.2, 0) is 32.7 Å². The van der Waals surface area contributed by atoms with E-state index in [1.165, 1.54) is 38.5 Å². The van der Waals surface area contributed by atoms with E-state index in [0.717, 1.165) is 44.9 Å². The van der Waals surface area contributed by atoms with Crippen LogP contribution in [0.4, 0.5) is 0 Å². The Hall–Kier alpha value is -0.990. The second kappa shape index (κ2) is 23.4. The third kappa shape index (κ3) is 23.2. The molecule has 0 radical (unpaired) electrons. The van der Waals surface area contributed by atoms with E-state index in [2.05, 4.69) is 13.8 Å². The van der Waals surface area contributed by atoms with E-state index < -0.39 is 32.5 Å². The first-order valence-electron chi connectivity index (χ1n) is 13.5. The van der Waals surface area contributed by atoms with Crippen molar-refractivity contribution in [3.8, 4) is 0 Å². The lowest BCUT2D eigenvalue weighted by atomic mass is 10.1. The van der Waals surface area contributed by atoms with Gasteiger partial charge in [-0.3, -0.25) is 18.6 Å².